The average Bonchev–Trinajstić information content (AvgIpc) is 2.49. The van der Waals surface area contributed by atoms with Crippen LogP contribution in [0.4, 0.5) is 11.6 Å². The molecular weight excluding hydrogens is 288 g/mol. The molecule has 1 aliphatic heterocycles. The molecule has 0 radical (unpaired) electrons. The number of aromatic nitrogens is 2. The third-order valence-corrected chi connectivity index (χ3v) is 6.47. The monoisotopic (exact) mass is 313 g/mol. The minimum atomic E-state index is 0.713. The topological polar surface area (TPSA) is 35.5 Å². The Hall–Kier alpha value is -0.500. The molecule has 20 heavy (non-hydrogen) atoms. The zero-order chi connectivity index (χ0) is 14.5. The predicted molar refractivity (Wildman–Crippen MR) is 91.9 cm³/mol. The van der Waals surface area contributed by atoms with Gasteiger partial charge in [0.2, 0.25) is 5.95 Å². The molecule has 0 aliphatic carbocycles. The summed E-state index contributed by atoms with van der Waals surface area (Å²) in [7, 11) is 5.79. The first-order valence-electron chi connectivity index (χ1n) is 7.04. The van der Waals surface area contributed by atoms with Crippen LogP contribution >= 0.6 is 17.5 Å². The highest BCUT2D eigenvalue weighted by Gasteiger charge is 2.21. The largest absolute Gasteiger partial charge is 0.369 e. The predicted octanol–water partition coefficient (Wildman–Crippen LogP) is 2.26. The van der Waals surface area contributed by atoms with Gasteiger partial charge >= 0.3 is 0 Å². The Morgan fingerprint density at radius 3 is 2.10 bits per heavy atom. The van der Waals surface area contributed by atoms with Crippen molar-refractivity contribution in [2.24, 2.45) is 0 Å². The maximum absolute atomic E-state index is 4.53. The molecule has 1 fully saturated rings. The number of piperidine rings is 1. The van der Waals surface area contributed by atoms with Crippen molar-refractivity contribution in [2.75, 3.05) is 49.9 Å². The van der Waals surface area contributed by atoms with E-state index in [0.717, 1.165) is 42.2 Å². The molecule has 2 heterocycles. The quantitative estimate of drug-likeness (QED) is 0.779. The van der Waals surface area contributed by atoms with Gasteiger partial charge in [0.25, 0.3) is 0 Å². The average molecular weight is 313 g/mol. The molecule has 1 aliphatic rings. The number of hydrogen-bond donors (Lipinski definition) is 0. The molecule has 2 atom stereocenters. The van der Waals surface area contributed by atoms with Crippen LogP contribution in [0.2, 0.25) is 0 Å². The third kappa shape index (κ3) is 3.78. The van der Waals surface area contributed by atoms with E-state index in [1.807, 2.05) is 12.4 Å². The summed E-state index contributed by atoms with van der Waals surface area (Å²) < 4.78 is 2.22. The zero-order valence-electron chi connectivity index (χ0n) is 12.8. The van der Waals surface area contributed by atoms with Crippen LogP contribution in [0.1, 0.15) is 12.8 Å². The molecule has 2 rings (SSSR count). The van der Waals surface area contributed by atoms with Gasteiger partial charge in [-0.25, -0.2) is 9.97 Å². The van der Waals surface area contributed by atoms with Crippen LogP contribution in [0.5, 0.6) is 0 Å². The summed E-state index contributed by atoms with van der Waals surface area (Å²) >= 11 is 0. The minimum Gasteiger partial charge on any atom is -0.369 e. The van der Waals surface area contributed by atoms with Crippen molar-refractivity contribution in [2.45, 2.75) is 18.9 Å². The fraction of sp³-hybridized carbons (Fsp3) is 0.692. The SMILES string of the molecule is CPN(PC)c1ncc(N2CCC(N(C)C)CC2)cn1. The maximum atomic E-state index is 4.53. The lowest BCUT2D eigenvalue weighted by Crippen LogP contribution is -2.42. The van der Waals surface area contributed by atoms with Crippen molar-refractivity contribution in [3.8, 4) is 0 Å². The Kier molecular flexibility index (Phi) is 5.95. The molecule has 112 valence electrons. The van der Waals surface area contributed by atoms with Gasteiger partial charge in [-0.15, -0.1) is 0 Å². The summed E-state index contributed by atoms with van der Waals surface area (Å²) in [6, 6.07) is 0.713. The van der Waals surface area contributed by atoms with Gasteiger partial charge in [-0.2, -0.15) is 0 Å². The first-order valence-corrected chi connectivity index (χ1v) is 9.93. The second kappa shape index (κ2) is 7.49. The number of anilines is 2. The van der Waals surface area contributed by atoms with Crippen LogP contribution in [0.15, 0.2) is 12.4 Å². The number of hydrogen-bond acceptors (Lipinski definition) is 5. The fourth-order valence-electron chi connectivity index (χ4n) is 2.55. The van der Waals surface area contributed by atoms with Crippen LogP contribution in [-0.4, -0.2) is 61.4 Å². The molecule has 1 aromatic rings. The van der Waals surface area contributed by atoms with Gasteiger partial charge in [0.1, 0.15) is 0 Å². The molecule has 0 aromatic carbocycles. The highest BCUT2D eigenvalue weighted by molar-refractivity contribution is 7.58. The van der Waals surface area contributed by atoms with Crippen LogP contribution < -0.4 is 9.34 Å². The van der Waals surface area contributed by atoms with Gasteiger partial charge in [-0.1, -0.05) is 0 Å². The van der Waals surface area contributed by atoms with E-state index in [0.29, 0.717) is 6.04 Å². The molecule has 0 spiro atoms. The van der Waals surface area contributed by atoms with E-state index in [-0.39, 0.29) is 0 Å². The van der Waals surface area contributed by atoms with E-state index >= 15 is 0 Å². The first kappa shape index (κ1) is 15.9. The van der Waals surface area contributed by atoms with Crippen LogP contribution in [0.3, 0.4) is 0 Å². The molecule has 2 unspecified atom stereocenters. The first-order chi connectivity index (χ1) is 9.65. The Balaban J connectivity index is 1.97. The van der Waals surface area contributed by atoms with E-state index in [1.165, 1.54) is 12.8 Å². The molecule has 0 saturated carbocycles. The second-order valence-corrected chi connectivity index (χ2v) is 7.44. The Morgan fingerprint density at radius 1 is 1.10 bits per heavy atom. The lowest BCUT2D eigenvalue weighted by Gasteiger charge is -2.36. The van der Waals surface area contributed by atoms with Crippen molar-refractivity contribution in [3.63, 3.8) is 0 Å². The van der Waals surface area contributed by atoms with Crippen LogP contribution in [-0.2, 0) is 0 Å². The fourth-order valence-corrected chi connectivity index (χ4v) is 4.07. The molecule has 0 N–H and O–H groups in total. The van der Waals surface area contributed by atoms with Crippen LogP contribution in [0.25, 0.3) is 0 Å². The van der Waals surface area contributed by atoms with Gasteiger partial charge in [-0.05, 0) is 57.7 Å². The minimum absolute atomic E-state index is 0.713. The van der Waals surface area contributed by atoms with Gasteiger partial charge in [0.05, 0.1) is 18.1 Å². The van der Waals surface area contributed by atoms with Crippen molar-refractivity contribution in [3.05, 3.63) is 12.4 Å². The van der Waals surface area contributed by atoms with Gasteiger partial charge in [-0.3, -0.25) is 0 Å². The second-order valence-electron chi connectivity index (χ2n) is 5.21. The van der Waals surface area contributed by atoms with Gasteiger partial charge in [0.15, 0.2) is 0 Å². The van der Waals surface area contributed by atoms with Crippen molar-refractivity contribution >= 4 is 29.1 Å². The van der Waals surface area contributed by atoms with Crippen LogP contribution in [0, 0.1) is 0 Å². The Morgan fingerprint density at radius 2 is 1.65 bits per heavy atom. The summed E-state index contributed by atoms with van der Waals surface area (Å²) in [6.45, 7) is 6.53. The summed E-state index contributed by atoms with van der Waals surface area (Å²) in [5, 5.41) is 0. The summed E-state index contributed by atoms with van der Waals surface area (Å²) in [5.74, 6) is 0.860. The van der Waals surface area contributed by atoms with Crippen molar-refractivity contribution in [1.29, 1.82) is 0 Å². The van der Waals surface area contributed by atoms with Crippen molar-refractivity contribution < 1.29 is 0 Å². The standard InChI is InChI=1S/C13H25N5P2/c1-16(2)11-5-7-17(8-6-11)12-9-14-13(15-10-12)18(19-3)20-4/h9-11,19-20H,5-8H2,1-4H3. The molecule has 7 heteroatoms. The maximum Gasteiger partial charge on any atom is 0.231 e. The van der Waals surface area contributed by atoms with E-state index in [9.17, 15) is 0 Å². The zero-order valence-corrected chi connectivity index (χ0v) is 14.8. The summed E-state index contributed by atoms with van der Waals surface area (Å²) in [6.07, 6.45) is 6.39. The molecule has 0 amide bonds. The number of nitrogens with zero attached hydrogens (tertiary/aromatic N) is 5. The smallest absolute Gasteiger partial charge is 0.231 e. The Labute approximate surface area is 125 Å². The normalized spacial score (nSPS) is 17.9. The van der Waals surface area contributed by atoms with Gasteiger partial charge < -0.3 is 14.2 Å². The Bertz CT molecular complexity index is 400. The lowest BCUT2D eigenvalue weighted by atomic mass is 10.0. The summed E-state index contributed by atoms with van der Waals surface area (Å²) in [5.41, 5.74) is 1.16. The van der Waals surface area contributed by atoms with Crippen molar-refractivity contribution in [1.82, 2.24) is 14.9 Å². The van der Waals surface area contributed by atoms with E-state index in [2.05, 4.69) is 51.6 Å². The highest BCUT2D eigenvalue weighted by atomic mass is 31.1. The molecule has 1 saturated heterocycles. The van der Waals surface area contributed by atoms with E-state index < -0.39 is 0 Å². The van der Waals surface area contributed by atoms with Gasteiger partial charge in [0, 0.05) is 19.1 Å². The number of rotatable bonds is 5. The van der Waals surface area contributed by atoms with E-state index in [4.69, 9.17) is 0 Å². The highest BCUT2D eigenvalue weighted by Crippen LogP contribution is 2.32. The molecule has 5 nitrogen and oxygen atoms in total. The molecule has 1 aromatic heterocycles. The molecule has 0 bridgehead atoms. The lowest BCUT2D eigenvalue weighted by molar-refractivity contribution is 0.249. The third-order valence-electron chi connectivity index (χ3n) is 3.83. The summed E-state index contributed by atoms with van der Waals surface area (Å²) in [4.78, 5) is 13.8. The molecular formula is C13H25N5P2. The van der Waals surface area contributed by atoms with E-state index in [1.54, 1.807) is 0 Å².